The number of rotatable bonds is 6. The molecule has 4 heteroatoms. The Morgan fingerprint density at radius 2 is 1.95 bits per heavy atom. The second-order valence-corrected chi connectivity index (χ2v) is 5.20. The molecule has 0 unspecified atom stereocenters. The number of piperazine rings is 1. The van der Waals surface area contributed by atoms with Crippen LogP contribution in [0.15, 0.2) is 12.1 Å². The second-order valence-electron chi connectivity index (χ2n) is 5.20. The third kappa shape index (κ3) is 3.87. The third-order valence-corrected chi connectivity index (χ3v) is 3.78. The predicted molar refractivity (Wildman–Crippen MR) is 81.9 cm³/mol. The van der Waals surface area contributed by atoms with Gasteiger partial charge in [-0.3, -0.25) is 0 Å². The highest BCUT2D eigenvalue weighted by Crippen LogP contribution is 2.29. The van der Waals surface area contributed by atoms with Crippen LogP contribution < -0.4 is 14.8 Å². The Hall–Kier alpha value is -1.26. The summed E-state index contributed by atoms with van der Waals surface area (Å²) < 4.78 is 11.2. The standard InChI is InChI=1S/C16H26N2O2/c1-4-20-15-12-14(16(19-3)11-13(15)2)5-8-18-9-6-17-7-10-18/h11-12,17H,4-10H2,1-3H3. The number of nitrogens with zero attached hydrogens (tertiary/aromatic N) is 1. The summed E-state index contributed by atoms with van der Waals surface area (Å²) in [6.45, 7) is 10.3. The van der Waals surface area contributed by atoms with E-state index in [9.17, 15) is 0 Å². The van der Waals surface area contributed by atoms with E-state index in [1.807, 2.05) is 6.92 Å². The number of ether oxygens (including phenoxy) is 2. The Labute approximate surface area is 122 Å². The van der Waals surface area contributed by atoms with E-state index in [1.54, 1.807) is 7.11 Å². The lowest BCUT2D eigenvalue weighted by Crippen LogP contribution is -2.44. The summed E-state index contributed by atoms with van der Waals surface area (Å²) in [5.41, 5.74) is 2.37. The monoisotopic (exact) mass is 278 g/mol. The lowest BCUT2D eigenvalue weighted by molar-refractivity contribution is 0.243. The largest absolute Gasteiger partial charge is 0.496 e. The fourth-order valence-corrected chi connectivity index (χ4v) is 2.61. The zero-order valence-electron chi connectivity index (χ0n) is 12.9. The topological polar surface area (TPSA) is 33.7 Å². The average molecular weight is 278 g/mol. The Morgan fingerprint density at radius 1 is 1.20 bits per heavy atom. The first-order valence-corrected chi connectivity index (χ1v) is 7.48. The molecule has 1 heterocycles. The fraction of sp³-hybridized carbons (Fsp3) is 0.625. The summed E-state index contributed by atoms with van der Waals surface area (Å²) in [7, 11) is 1.74. The highest BCUT2D eigenvalue weighted by Gasteiger charge is 2.13. The van der Waals surface area contributed by atoms with Crippen molar-refractivity contribution in [3.8, 4) is 11.5 Å². The molecule has 112 valence electrons. The minimum Gasteiger partial charge on any atom is -0.496 e. The number of nitrogens with one attached hydrogen (secondary N) is 1. The molecule has 0 bridgehead atoms. The molecule has 0 radical (unpaired) electrons. The summed E-state index contributed by atoms with van der Waals surface area (Å²) in [6.07, 6.45) is 1.00. The normalized spacial score (nSPS) is 16.1. The van der Waals surface area contributed by atoms with Gasteiger partial charge in [0, 0.05) is 32.7 Å². The maximum atomic E-state index is 5.69. The van der Waals surface area contributed by atoms with Gasteiger partial charge in [-0.1, -0.05) is 0 Å². The molecular formula is C16H26N2O2. The molecule has 1 aromatic carbocycles. The van der Waals surface area contributed by atoms with Gasteiger partial charge in [0.2, 0.25) is 0 Å². The summed E-state index contributed by atoms with van der Waals surface area (Å²) in [5, 5.41) is 3.38. The van der Waals surface area contributed by atoms with E-state index < -0.39 is 0 Å². The van der Waals surface area contributed by atoms with E-state index >= 15 is 0 Å². The SMILES string of the molecule is CCOc1cc(CCN2CCNCC2)c(OC)cc1C. The van der Waals surface area contributed by atoms with Crippen molar-refractivity contribution in [3.63, 3.8) is 0 Å². The Morgan fingerprint density at radius 3 is 2.60 bits per heavy atom. The van der Waals surface area contributed by atoms with Crippen LogP contribution in [-0.2, 0) is 6.42 Å². The first-order valence-electron chi connectivity index (χ1n) is 7.48. The lowest BCUT2D eigenvalue weighted by atomic mass is 10.1. The van der Waals surface area contributed by atoms with E-state index in [1.165, 1.54) is 5.56 Å². The lowest BCUT2D eigenvalue weighted by Gasteiger charge is -2.27. The Balaban J connectivity index is 2.05. The van der Waals surface area contributed by atoms with Gasteiger partial charge in [-0.25, -0.2) is 0 Å². The van der Waals surface area contributed by atoms with E-state index in [0.29, 0.717) is 6.61 Å². The molecule has 1 saturated heterocycles. The molecule has 0 amide bonds. The zero-order valence-corrected chi connectivity index (χ0v) is 12.9. The van der Waals surface area contributed by atoms with Crippen LogP contribution >= 0.6 is 0 Å². The number of hydrogen-bond acceptors (Lipinski definition) is 4. The van der Waals surface area contributed by atoms with Crippen molar-refractivity contribution >= 4 is 0 Å². The van der Waals surface area contributed by atoms with Crippen LogP contribution in [0, 0.1) is 6.92 Å². The third-order valence-electron chi connectivity index (χ3n) is 3.78. The smallest absolute Gasteiger partial charge is 0.122 e. The minimum atomic E-state index is 0.699. The molecule has 0 saturated carbocycles. The van der Waals surface area contributed by atoms with Crippen LogP contribution in [0.5, 0.6) is 11.5 Å². The van der Waals surface area contributed by atoms with Gasteiger partial charge in [0.05, 0.1) is 13.7 Å². The molecular weight excluding hydrogens is 252 g/mol. The number of aryl methyl sites for hydroxylation is 1. The van der Waals surface area contributed by atoms with E-state index in [-0.39, 0.29) is 0 Å². The highest BCUT2D eigenvalue weighted by atomic mass is 16.5. The van der Waals surface area contributed by atoms with Gasteiger partial charge in [0.15, 0.2) is 0 Å². The molecule has 0 aliphatic carbocycles. The van der Waals surface area contributed by atoms with Crippen LogP contribution in [0.1, 0.15) is 18.1 Å². The zero-order chi connectivity index (χ0) is 14.4. The average Bonchev–Trinajstić information content (AvgIpc) is 2.48. The molecule has 0 spiro atoms. The van der Waals surface area contributed by atoms with Crippen molar-refractivity contribution in [1.82, 2.24) is 10.2 Å². The summed E-state index contributed by atoms with van der Waals surface area (Å²) in [5.74, 6) is 1.95. The summed E-state index contributed by atoms with van der Waals surface area (Å²) >= 11 is 0. The Kier molecular flexibility index (Phi) is 5.68. The van der Waals surface area contributed by atoms with E-state index in [2.05, 4.69) is 29.3 Å². The predicted octanol–water partition coefficient (Wildman–Crippen LogP) is 1.85. The molecule has 1 fully saturated rings. The second kappa shape index (κ2) is 7.50. The van der Waals surface area contributed by atoms with Gasteiger partial charge in [-0.05, 0) is 43.5 Å². The van der Waals surface area contributed by atoms with Crippen LogP contribution in [0.4, 0.5) is 0 Å². The number of hydrogen-bond donors (Lipinski definition) is 1. The van der Waals surface area contributed by atoms with E-state index in [4.69, 9.17) is 9.47 Å². The van der Waals surface area contributed by atoms with Gasteiger partial charge in [-0.15, -0.1) is 0 Å². The maximum absolute atomic E-state index is 5.69. The Bertz CT molecular complexity index is 429. The molecule has 0 atom stereocenters. The van der Waals surface area contributed by atoms with Gasteiger partial charge in [0.1, 0.15) is 11.5 Å². The van der Waals surface area contributed by atoms with Crippen molar-refractivity contribution in [2.75, 3.05) is 46.4 Å². The molecule has 1 N–H and O–H groups in total. The minimum absolute atomic E-state index is 0.699. The van der Waals surface area contributed by atoms with Crippen molar-refractivity contribution in [3.05, 3.63) is 23.3 Å². The molecule has 0 aromatic heterocycles. The summed E-state index contributed by atoms with van der Waals surface area (Å²) in [6, 6.07) is 4.22. The van der Waals surface area contributed by atoms with Crippen molar-refractivity contribution in [1.29, 1.82) is 0 Å². The van der Waals surface area contributed by atoms with Gasteiger partial charge in [0.25, 0.3) is 0 Å². The molecule has 1 aliphatic heterocycles. The maximum Gasteiger partial charge on any atom is 0.122 e. The van der Waals surface area contributed by atoms with Gasteiger partial charge < -0.3 is 19.7 Å². The number of benzene rings is 1. The quantitative estimate of drug-likeness (QED) is 0.861. The molecule has 4 nitrogen and oxygen atoms in total. The van der Waals surface area contributed by atoms with Crippen molar-refractivity contribution < 1.29 is 9.47 Å². The van der Waals surface area contributed by atoms with Crippen molar-refractivity contribution in [2.45, 2.75) is 20.3 Å². The van der Waals surface area contributed by atoms with Crippen LogP contribution in [-0.4, -0.2) is 51.3 Å². The molecule has 1 aliphatic rings. The fourth-order valence-electron chi connectivity index (χ4n) is 2.61. The van der Waals surface area contributed by atoms with Crippen LogP contribution in [0.3, 0.4) is 0 Å². The van der Waals surface area contributed by atoms with Crippen LogP contribution in [0.2, 0.25) is 0 Å². The summed E-state index contributed by atoms with van der Waals surface area (Å²) in [4.78, 5) is 2.50. The molecule has 1 aromatic rings. The molecule has 2 rings (SSSR count). The van der Waals surface area contributed by atoms with Crippen molar-refractivity contribution in [2.24, 2.45) is 0 Å². The van der Waals surface area contributed by atoms with Gasteiger partial charge in [-0.2, -0.15) is 0 Å². The highest BCUT2D eigenvalue weighted by molar-refractivity contribution is 5.46. The number of methoxy groups -OCH3 is 1. The van der Waals surface area contributed by atoms with Crippen LogP contribution in [0.25, 0.3) is 0 Å². The van der Waals surface area contributed by atoms with Gasteiger partial charge >= 0.3 is 0 Å². The first-order chi connectivity index (χ1) is 9.74. The first kappa shape index (κ1) is 15.1. The van der Waals surface area contributed by atoms with E-state index in [0.717, 1.165) is 56.2 Å². The molecule has 20 heavy (non-hydrogen) atoms.